The second kappa shape index (κ2) is 45.2. The van der Waals surface area contributed by atoms with Crippen molar-refractivity contribution in [2.24, 2.45) is 0 Å². The van der Waals surface area contributed by atoms with Crippen LogP contribution in [-0.2, 0) is 38.0 Å². The summed E-state index contributed by atoms with van der Waals surface area (Å²) in [5.41, 5.74) is 0. The van der Waals surface area contributed by atoms with Crippen LogP contribution >= 0.6 is 0 Å². The third kappa shape index (κ3) is 32.1. The number of unbranched alkanes of at least 4 members (excludes halogenated alkanes) is 21. The van der Waals surface area contributed by atoms with Crippen molar-refractivity contribution in [3.63, 3.8) is 0 Å². The van der Waals surface area contributed by atoms with Crippen molar-refractivity contribution in [1.29, 1.82) is 0 Å². The number of rotatable bonds is 45. The Morgan fingerprint density at radius 1 is 0.432 bits per heavy atom. The number of aliphatic hydroxyl groups excluding tert-OH is 7. The Kier molecular flexibility index (Phi) is 41.2. The van der Waals surface area contributed by atoms with Gasteiger partial charge in [-0.15, -0.1) is 0 Å². The Labute approximate surface area is 445 Å². The molecule has 428 valence electrons. The summed E-state index contributed by atoms with van der Waals surface area (Å²) in [5, 5.41) is 72.2. The van der Waals surface area contributed by atoms with Gasteiger partial charge in [-0.25, -0.2) is 0 Å². The summed E-state index contributed by atoms with van der Waals surface area (Å²) in [4.78, 5) is 25.9. The first-order chi connectivity index (χ1) is 36.0. The van der Waals surface area contributed by atoms with Crippen molar-refractivity contribution < 1.29 is 73.8 Å². The van der Waals surface area contributed by atoms with Crippen molar-refractivity contribution in [3.8, 4) is 0 Å². The minimum Gasteiger partial charge on any atom is -0.462 e. The lowest BCUT2D eigenvalue weighted by Crippen LogP contribution is -2.61. The smallest absolute Gasteiger partial charge is 0.306 e. The van der Waals surface area contributed by atoms with Gasteiger partial charge < -0.3 is 64.2 Å². The van der Waals surface area contributed by atoms with Crippen LogP contribution in [0.5, 0.6) is 0 Å². The molecule has 2 saturated heterocycles. The van der Waals surface area contributed by atoms with E-state index in [1.54, 1.807) is 0 Å². The van der Waals surface area contributed by atoms with E-state index in [9.17, 15) is 45.3 Å². The van der Waals surface area contributed by atoms with Crippen LogP contribution in [0.3, 0.4) is 0 Å². The number of carbonyl (C=O) groups excluding carboxylic acids is 2. The van der Waals surface area contributed by atoms with Gasteiger partial charge >= 0.3 is 11.9 Å². The topological polar surface area (TPSA) is 231 Å². The molecule has 0 spiro atoms. The van der Waals surface area contributed by atoms with Gasteiger partial charge in [-0.1, -0.05) is 177 Å². The van der Waals surface area contributed by atoms with E-state index in [0.717, 1.165) is 57.8 Å². The van der Waals surface area contributed by atoms with Crippen LogP contribution in [0, 0.1) is 0 Å². The molecule has 0 bridgehead atoms. The number of allylic oxidation sites excluding steroid dienone is 10. The van der Waals surface area contributed by atoms with Crippen LogP contribution in [0.1, 0.15) is 206 Å². The average Bonchev–Trinajstić information content (AvgIpc) is 3.39. The molecule has 2 rings (SSSR count). The van der Waals surface area contributed by atoms with Crippen LogP contribution in [0.2, 0.25) is 0 Å². The number of esters is 2. The number of carbonyl (C=O) groups is 2. The normalized spacial score (nSPS) is 25.1. The molecule has 2 fully saturated rings. The van der Waals surface area contributed by atoms with E-state index in [0.29, 0.717) is 19.3 Å². The molecule has 74 heavy (non-hydrogen) atoms. The SMILES string of the molecule is CCCCCC/C=C/CCCCCCCCCCCC(=O)O[C@@H](COC(=O)CCC/C=C/C/C=C/C/C=C/C/C=C/CCCCCCCCC)CO[C@@H]1O[C@H](CO[C@@H]2O[C@H](CO)[C@H](O)C(O)C2O)[C@H](O)C(O)C1O. The summed E-state index contributed by atoms with van der Waals surface area (Å²) in [6.45, 7) is 2.53. The Morgan fingerprint density at radius 2 is 0.824 bits per heavy atom. The van der Waals surface area contributed by atoms with E-state index in [2.05, 4.69) is 68.5 Å². The van der Waals surface area contributed by atoms with Crippen molar-refractivity contribution in [1.82, 2.24) is 0 Å². The quantitative estimate of drug-likeness (QED) is 0.0171. The predicted molar refractivity (Wildman–Crippen MR) is 289 cm³/mol. The molecule has 0 amide bonds. The fraction of sp³-hybridized carbons (Fsp3) is 0.797. The summed E-state index contributed by atoms with van der Waals surface area (Å²) in [6, 6.07) is 0. The van der Waals surface area contributed by atoms with Crippen LogP contribution in [-0.4, -0.2) is 142 Å². The van der Waals surface area contributed by atoms with Crippen LogP contribution in [0.25, 0.3) is 0 Å². The second-order valence-corrected chi connectivity index (χ2v) is 20.1. The van der Waals surface area contributed by atoms with Crippen molar-refractivity contribution in [3.05, 3.63) is 60.8 Å². The highest BCUT2D eigenvalue weighted by atomic mass is 16.7. The minimum absolute atomic E-state index is 0.140. The van der Waals surface area contributed by atoms with Gasteiger partial charge in [-0.05, 0) is 77.0 Å². The molecule has 2 heterocycles. The standard InChI is InChI=1S/C59H102O15/c1-3-5-7-9-11-13-15-17-19-21-22-23-24-26-27-29-31-33-35-37-39-41-50(61)69-44-47(72-51(62)42-40-38-36-34-32-30-28-25-20-18-16-14-12-10-8-6-4-2)45-70-58-57(68)55(66)53(64)49(74-58)46-71-59-56(67)54(65)52(63)48(43-60)73-59/h14,16,19,21,23-24,27,29,33,35,47-49,52-60,63-68H,3-13,15,17-18,20,22,25-26,28,30-32,34,36-46H2,1-2H3/b16-14+,21-19+,24-23+,29-27+,35-33+/t47-,48+,49+,52-,53-,54?,55?,56?,57?,58+,59+/m0/s1. The zero-order valence-electron chi connectivity index (χ0n) is 45.6. The number of aliphatic hydroxyl groups is 7. The number of hydrogen-bond donors (Lipinski definition) is 7. The largest absolute Gasteiger partial charge is 0.462 e. The fourth-order valence-electron chi connectivity index (χ4n) is 8.73. The number of hydrogen-bond acceptors (Lipinski definition) is 15. The summed E-state index contributed by atoms with van der Waals surface area (Å²) in [6.07, 6.45) is 36.7. The molecule has 7 N–H and O–H groups in total. The first-order valence-electron chi connectivity index (χ1n) is 28.9. The molecule has 15 nitrogen and oxygen atoms in total. The van der Waals surface area contributed by atoms with Crippen molar-refractivity contribution >= 4 is 11.9 Å². The maximum atomic E-state index is 13.1. The van der Waals surface area contributed by atoms with E-state index < -0.39 is 99.3 Å². The Morgan fingerprint density at radius 3 is 1.34 bits per heavy atom. The van der Waals surface area contributed by atoms with E-state index in [4.69, 9.17) is 28.4 Å². The van der Waals surface area contributed by atoms with Gasteiger partial charge in [0, 0.05) is 12.8 Å². The highest BCUT2D eigenvalue weighted by molar-refractivity contribution is 5.70. The van der Waals surface area contributed by atoms with Crippen LogP contribution in [0.15, 0.2) is 60.8 Å². The molecule has 0 aromatic carbocycles. The Balaban J connectivity index is 1.79. The van der Waals surface area contributed by atoms with Crippen LogP contribution < -0.4 is 0 Å². The van der Waals surface area contributed by atoms with Gasteiger partial charge in [-0.2, -0.15) is 0 Å². The average molecular weight is 1050 g/mol. The lowest BCUT2D eigenvalue weighted by atomic mass is 9.98. The third-order valence-corrected chi connectivity index (χ3v) is 13.5. The number of ether oxygens (including phenoxy) is 6. The minimum atomic E-state index is -1.78. The van der Waals surface area contributed by atoms with Gasteiger partial charge in [0.05, 0.1) is 19.8 Å². The molecule has 2 aliphatic rings. The molecule has 0 aliphatic carbocycles. The summed E-state index contributed by atoms with van der Waals surface area (Å²) < 4.78 is 33.6. The predicted octanol–water partition coefficient (Wildman–Crippen LogP) is 9.61. The zero-order valence-corrected chi connectivity index (χ0v) is 45.6. The maximum absolute atomic E-state index is 13.1. The van der Waals surface area contributed by atoms with E-state index in [1.165, 1.54) is 103 Å². The lowest BCUT2D eigenvalue weighted by Gasteiger charge is -2.42. The summed E-state index contributed by atoms with van der Waals surface area (Å²) >= 11 is 0. The molecule has 2 aliphatic heterocycles. The Bertz CT molecular complexity index is 1520. The van der Waals surface area contributed by atoms with Gasteiger partial charge in [0.25, 0.3) is 0 Å². The molecule has 4 unspecified atom stereocenters. The summed E-state index contributed by atoms with van der Waals surface area (Å²) in [5.74, 6) is -0.991. The van der Waals surface area contributed by atoms with E-state index in [1.807, 2.05) is 6.08 Å². The summed E-state index contributed by atoms with van der Waals surface area (Å²) in [7, 11) is 0. The molecule has 0 saturated carbocycles. The third-order valence-electron chi connectivity index (χ3n) is 13.5. The maximum Gasteiger partial charge on any atom is 0.306 e. The molecule has 0 aromatic heterocycles. The first kappa shape index (κ1) is 67.3. The van der Waals surface area contributed by atoms with Crippen molar-refractivity contribution in [2.45, 2.75) is 274 Å². The molecule has 11 atom stereocenters. The zero-order chi connectivity index (χ0) is 53.9. The lowest BCUT2D eigenvalue weighted by molar-refractivity contribution is -0.332. The molecule has 0 radical (unpaired) electrons. The van der Waals surface area contributed by atoms with Crippen molar-refractivity contribution in [2.75, 3.05) is 26.4 Å². The van der Waals surface area contributed by atoms with Gasteiger partial charge in [0.15, 0.2) is 18.7 Å². The Hall–Kier alpha value is -2.80. The molecular weight excluding hydrogens is 949 g/mol. The van der Waals surface area contributed by atoms with Gasteiger partial charge in [0.1, 0.15) is 55.4 Å². The van der Waals surface area contributed by atoms with E-state index >= 15 is 0 Å². The van der Waals surface area contributed by atoms with Gasteiger partial charge in [-0.3, -0.25) is 9.59 Å². The highest BCUT2D eigenvalue weighted by Crippen LogP contribution is 2.26. The molecular formula is C59H102O15. The molecule has 15 heteroatoms. The van der Waals surface area contributed by atoms with Gasteiger partial charge in [0.2, 0.25) is 0 Å². The second-order valence-electron chi connectivity index (χ2n) is 20.1. The highest BCUT2D eigenvalue weighted by Gasteiger charge is 2.47. The monoisotopic (exact) mass is 1050 g/mol. The van der Waals surface area contributed by atoms with Crippen LogP contribution in [0.4, 0.5) is 0 Å². The fourth-order valence-corrected chi connectivity index (χ4v) is 8.73. The molecule has 0 aromatic rings. The van der Waals surface area contributed by atoms with E-state index in [-0.39, 0.29) is 19.4 Å². The first-order valence-corrected chi connectivity index (χ1v) is 28.9.